The molecule has 1 atom stereocenters. The Morgan fingerprint density at radius 1 is 0.724 bits per heavy atom. The van der Waals surface area contributed by atoms with Crippen LogP contribution in [-0.2, 0) is 0 Å². The fraction of sp³-hybridized carbons (Fsp3) is 0.960. The van der Waals surface area contributed by atoms with Gasteiger partial charge in [0.05, 0.1) is 6.54 Å². The molecule has 4 heteroatoms. The van der Waals surface area contributed by atoms with Crippen molar-refractivity contribution < 1.29 is 5.11 Å². The van der Waals surface area contributed by atoms with Gasteiger partial charge >= 0.3 is 0 Å². The van der Waals surface area contributed by atoms with Gasteiger partial charge in [0.2, 0.25) is 0 Å². The van der Waals surface area contributed by atoms with Crippen LogP contribution in [0.4, 0.5) is 0 Å². The molecule has 0 aromatic carbocycles. The summed E-state index contributed by atoms with van der Waals surface area (Å²) in [5, 5.41) is 10.2. The van der Waals surface area contributed by atoms with Gasteiger partial charge in [-0.05, 0) is 28.8 Å². The van der Waals surface area contributed by atoms with Gasteiger partial charge in [-0.1, -0.05) is 122 Å². The molecule has 0 amide bonds. The molecule has 1 unspecified atom stereocenters. The highest BCUT2D eigenvalue weighted by Crippen LogP contribution is 2.17. The van der Waals surface area contributed by atoms with Crippen LogP contribution in [-0.4, -0.2) is 34.1 Å². The summed E-state index contributed by atoms with van der Waals surface area (Å²) >= 11 is 3.42. The van der Waals surface area contributed by atoms with Gasteiger partial charge in [0, 0.05) is 6.54 Å². The van der Waals surface area contributed by atoms with Gasteiger partial charge in [-0.3, -0.25) is 4.99 Å². The van der Waals surface area contributed by atoms with E-state index in [1.807, 2.05) is 4.90 Å². The number of rotatable bonds is 21. The summed E-state index contributed by atoms with van der Waals surface area (Å²) in [6, 6.07) is 0. The Morgan fingerprint density at radius 2 is 1.10 bits per heavy atom. The standard InChI is InChI=1S/C25H49BrN2O/c1-2-3-4-5-6-7-8-9-10-11-12-13-14-15-16-17-18-19-20-21-24(29)28-23-22-27-25(28)26/h24,29H,2-23H2,1H3. The zero-order chi connectivity index (χ0) is 21.0. The minimum atomic E-state index is -0.360. The SMILES string of the molecule is CCCCCCCCCCCCCCCCCCCCCC(O)N1CCN=C1Br. The Balaban J connectivity index is 1.70. The van der Waals surface area contributed by atoms with Crippen LogP contribution in [0, 0.1) is 0 Å². The van der Waals surface area contributed by atoms with Crippen LogP contribution in [0.3, 0.4) is 0 Å². The Bertz CT molecular complexity index is 389. The van der Waals surface area contributed by atoms with Gasteiger partial charge in [-0.25, -0.2) is 0 Å². The normalized spacial score (nSPS) is 15.1. The fourth-order valence-corrected chi connectivity index (χ4v) is 4.86. The van der Waals surface area contributed by atoms with Crippen LogP contribution < -0.4 is 0 Å². The summed E-state index contributed by atoms with van der Waals surface area (Å²) in [6.07, 6.45) is 27.2. The van der Waals surface area contributed by atoms with Crippen molar-refractivity contribution in [3.63, 3.8) is 0 Å². The molecule has 0 saturated heterocycles. The van der Waals surface area contributed by atoms with Gasteiger partial charge in [-0.15, -0.1) is 0 Å². The molecule has 1 aliphatic rings. The Morgan fingerprint density at radius 3 is 1.45 bits per heavy atom. The second-order valence-electron chi connectivity index (χ2n) is 8.98. The maximum atomic E-state index is 10.2. The zero-order valence-corrected chi connectivity index (χ0v) is 20.9. The number of hydrogen-bond donors (Lipinski definition) is 1. The molecular weight excluding hydrogens is 424 g/mol. The average molecular weight is 474 g/mol. The third kappa shape index (κ3) is 15.4. The summed E-state index contributed by atoms with van der Waals surface area (Å²) in [6.45, 7) is 3.94. The molecule has 0 aromatic heterocycles. The van der Waals surface area contributed by atoms with E-state index < -0.39 is 0 Å². The molecule has 1 N–H and O–H groups in total. The fourth-order valence-electron chi connectivity index (χ4n) is 4.27. The van der Waals surface area contributed by atoms with E-state index in [-0.39, 0.29) is 6.23 Å². The minimum absolute atomic E-state index is 0.360. The van der Waals surface area contributed by atoms with E-state index in [9.17, 15) is 5.11 Å². The third-order valence-corrected chi connectivity index (χ3v) is 6.95. The summed E-state index contributed by atoms with van der Waals surface area (Å²) in [5.74, 6) is 0. The summed E-state index contributed by atoms with van der Waals surface area (Å²) < 4.78 is 0.822. The predicted octanol–water partition coefficient (Wildman–Crippen LogP) is 8.19. The molecule has 0 saturated carbocycles. The summed E-state index contributed by atoms with van der Waals surface area (Å²) in [5.41, 5.74) is 0. The average Bonchev–Trinajstić information content (AvgIpc) is 3.15. The van der Waals surface area contributed by atoms with Gasteiger partial charge in [0.1, 0.15) is 6.23 Å². The Labute approximate surface area is 190 Å². The molecule has 29 heavy (non-hydrogen) atoms. The maximum absolute atomic E-state index is 10.2. The van der Waals surface area contributed by atoms with Crippen LogP contribution in [0.2, 0.25) is 0 Å². The summed E-state index contributed by atoms with van der Waals surface area (Å²) in [4.78, 5) is 6.24. The third-order valence-electron chi connectivity index (χ3n) is 6.25. The molecule has 0 fully saturated rings. The molecule has 0 radical (unpaired) electrons. The Hall–Kier alpha value is -0.0900. The lowest BCUT2D eigenvalue weighted by atomic mass is 10.0. The molecule has 0 aliphatic carbocycles. The molecule has 1 rings (SSSR count). The maximum Gasteiger partial charge on any atom is 0.170 e. The van der Waals surface area contributed by atoms with Gasteiger partial charge in [0.15, 0.2) is 4.74 Å². The molecule has 0 spiro atoms. The van der Waals surface area contributed by atoms with Crippen molar-refractivity contribution in [1.29, 1.82) is 0 Å². The van der Waals surface area contributed by atoms with Crippen LogP contribution >= 0.6 is 15.9 Å². The van der Waals surface area contributed by atoms with Gasteiger partial charge in [0.25, 0.3) is 0 Å². The molecule has 0 aromatic rings. The number of amidine groups is 1. The highest BCUT2D eigenvalue weighted by molar-refractivity contribution is 9.18. The van der Waals surface area contributed by atoms with E-state index >= 15 is 0 Å². The number of halogens is 1. The number of unbranched alkanes of at least 4 members (excludes halogenated alkanes) is 18. The predicted molar refractivity (Wildman–Crippen MR) is 132 cm³/mol. The topological polar surface area (TPSA) is 35.8 Å². The van der Waals surface area contributed by atoms with Gasteiger partial charge in [-0.2, -0.15) is 0 Å². The molecule has 0 bridgehead atoms. The zero-order valence-electron chi connectivity index (χ0n) is 19.4. The van der Waals surface area contributed by atoms with Crippen LogP contribution in [0.15, 0.2) is 4.99 Å². The lowest BCUT2D eigenvalue weighted by molar-refractivity contribution is 0.0524. The van der Waals surface area contributed by atoms with Crippen molar-refractivity contribution in [2.24, 2.45) is 4.99 Å². The number of hydrogen-bond acceptors (Lipinski definition) is 3. The second kappa shape index (κ2) is 19.8. The van der Waals surface area contributed by atoms with E-state index in [0.717, 1.165) is 30.7 Å². The molecule has 1 aliphatic heterocycles. The highest BCUT2D eigenvalue weighted by atomic mass is 79.9. The largest absolute Gasteiger partial charge is 0.374 e. The molecule has 1 heterocycles. The van der Waals surface area contributed by atoms with Crippen molar-refractivity contribution in [1.82, 2.24) is 4.90 Å². The smallest absolute Gasteiger partial charge is 0.170 e. The summed E-state index contributed by atoms with van der Waals surface area (Å²) in [7, 11) is 0. The minimum Gasteiger partial charge on any atom is -0.374 e. The lowest BCUT2D eigenvalue weighted by Crippen LogP contribution is -2.35. The van der Waals surface area contributed by atoms with Crippen molar-refractivity contribution >= 4 is 20.7 Å². The van der Waals surface area contributed by atoms with E-state index in [0.29, 0.717) is 0 Å². The van der Waals surface area contributed by atoms with Crippen molar-refractivity contribution in [2.75, 3.05) is 13.1 Å². The number of nitrogens with zero attached hydrogens (tertiary/aromatic N) is 2. The van der Waals surface area contributed by atoms with Gasteiger partial charge < -0.3 is 10.0 Å². The van der Waals surface area contributed by atoms with E-state index in [2.05, 4.69) is 27.8 Å². The van der Waals surface area contributed by atoms with E-state index in [1.54, 1.807) is 0 Å². The quantitative estimate of drug-likeness (QED) is 0.135. The first kappa shape index (κ1) is 26.9. The first-order valence-electron chi connectivity index (χ1n) is 12.9. The molecule has 3 nitrogen and oxygen atoms in total. The lowest BCUT2D eigenvalue weighted by Gasteiger charge is -2.23. The van der Waals surface area contributed by atoms with E-state index in [4.69, 9.17) is 0 Å². The van der Waals surface area contributed by atoms with Crippen LogP contribution in [0.25, 0.3) is 0 Å². The van der Waals surface area contributed by atoms with Crippen molar-refractivity contribution in [2.45, 2.75) is 142 Å². The first-order chi connectivity index (χ1) is 14.3. The highest BCUT2D eigenvalue weighted by Gasteiger charge is 2.20. The number of aliphatic hydroxyl groups is 1. The van der Waals surface area contributed by atoms with E-state index in [1.165, 1.54) is 116 Å². The van der Waals surface area contributed by atoms with Crippen LogP contribution in [0.1, 0.15) is 135 Å². The van der Waals surface area contributed by atoms with Crippen molar-refractivity contribution in [3.05, 3.63) is 0 Å². The first-order valence-corrected chi connectivity index (χ1v) is 13.7. The monoisotopic (exact) mass is 472 g/mol. The Kier molecular flexibility index (Phi) is 18.4. The van der Waals surface area contributed by atoms with Crippen molar-refractivity contribution in [3.8, 4) is 0 Å². The molecular formula is C25H49BrN2O. The second-order valence-corrected chi connectivity index (χ2v) is 9.69. The number of aliphatic imine (C=N–C) groups is 1. The molecule has 172 valence electrons. The van der Waals surface area contributed by atoms with Crippen LogP contribution in [0.5, 0.6) is 0 Å². The number of aliphatic hydroxyl groups excluding tert-OH is 1.